The van der Waals surface area contributed by atoms with Crippen LogP contribution in [-0.2, 0) is 25.8 Å². The number of hydrogen-bond acceptors (Lipinski definition) is 4. The van der Waals surface area contributed by atoms with E-state index in [4.69, 9.17) is 0 Å². The summed E-state index contributed by atoms with van der Waals surface area (Å²) in [7, 11) is 0. The minimum Gasteiger partial charge on any atom is -0.342 e. The summed E-state index contributed by atoms with van der Waals surface area (Å²) < 4.78 is 2.21. The summed E-state index contributed by atoms with van der Waals surface area (Å²) in [6.07, 6.45) is 9.18. The molecule has 6 heteroatoms. The van der Waals surface area contributed by atoms with Crippen molar-refractivity contribution in [1.29, 1.82) is 0 Å². The summed E-state index contributed by atoms with van der Waals surface area (Å²) in [5.74, 6) is 1.99. The van der Waals surface area contributed by atoms with Crippen LogP contribution in [0.25, 0.3) is 0 Å². The van der Waals surface area contributed by atoms with E-state index >= 15 is 0 Å². The Hall–Kier alpha value is -1.69. The lowest BCUT2D eigenvalue weighted by Gasteiger charge is -2.17. The van der Waals surface area contributed by atoms with Crippen molar-refractivity contribution in [3.05, 3.63) is 33.0 Å². The number of carbonyl (C=O) groups excluding carboxylic acids is 1. The fraction of sp³-hybridized carbons (Fsp3) is 0.611. The molecule has 3 heterocycles. The van der Waals surface area contributed by atoms with E-state index in [-0.39, 0.29) is 11.9 Å². The minimum atomic E-state index is -0.115. The zero-order valence-electron chi connectivity index (χ0n) is 14.2. The van der Waals surface area contributed by atoms with Gasteiger partial charge in [-0.3, -0.25) is 4.79 Å². The summed E-state index contributed by atoms with van der Waals surface area (Å²) in [6, 6.07) is -0.115. The molecule has 0 spiro atoms. The van der Waals surface area contributed by atoms with Gasteiger partial charge >= 0.3 is 0 Å². The van der Waals surface area contributed by atoms with Gasteiger partial charge in [-0.2, -0.15) is 0 Å². The molecule has 2 aromatic heterocycles. The Balaban J connectivity index is 1.52. The highest BCUT2D eigenvalue weighted by atomic mass is 32.1. The van der Waals surface area contributed by atoms with Gasteiger partial charge in [-0.15, -0.1) is 21.5 Å². The largest absolute Gasteiger partial charge is 0.342 e. The van der Waals surface area contributed by atoms with E-state index in [0.29, 0.717) is 0 Å². The predicted octanol–water partition coefficient (Wildman–Crippen LogP) is 3.44. The first-order chi connectivity index (χ1) is 11.7. The van der Waals surface area contributed by atoms with Gasteiger partial charge in [0, 0.05) is 23.2 Å². The summed E-state index contributed by atoms with van der Waals surface area (Å²) >= 11 is 1.74. The third kappa shape index (κ3) is 2.88. The minimum absolute atomic E-state index is 0.0351. The number of nitrogens with one attached hydrogen (secondary N) is 1. The second-order valence-electron chi connectivity index (χ2n) is 6.89. The number of thiophene rings is 1. The van der Waals surface area contributed by atoms with Crippen molar-refractivity contribution in [3.8, 4) is 0 Å². The molecule has 4 rings (SSSR count). The first kappa shape index (κ1) is 15.8. The van der Waals surface area contributed by atoms with Crippen molar-refractivity contribution in [2.24, 2.45) is 0 Å². The molecule has 1 aliphatic carbocycles. The van der Waals surface area contributed by atoms with Gasteiger partial charge in [0.2, 0.25) is 0 Å². The number of amides is 1. The molecule has 0 radical (unpaired) electrons. The predicted molar refractivity (Wildman–Crippen MR) is 94.4 cm³/mol. The second-order valence-corrected chi connectivity index (χ2v) is 7.85. The third-order valence-electron chi connectivity index (χ3n) is 5.18. The average molecular weight is 344 g/mol. The highest BCUT2D eigenvalue weighted by Crippen LogP contribution is 2.30. The Kier molecular flexibility index (Phi) is 4.39. The molecule has 2 aromatic rings. The molecule has 1 unspecified atom stereocenters. The van der Waals surface area contributed by atoms with Crippen molar-refractivity contribution in [2.45, 2.75) is 70.9 Å². The standard InChI is InChI=1S/C18H24N4OS/c1-12(17-21-20-16-9-3-2-6-10-22(16)17)19-18(23)14-11-24-15-8-5-4-7-13(14)15/h11-12H,2-10H2,1H3,(H,19,23). The molecule has 2 aliphatic rings. The topological polar surface area (TPSA) is 59.8 Å². The lowest BCUT2D eigenvalue weighted by Crippen LogP contribution is -2.29. The molecule has 1 amide bonds. The van der Waals surface area contributed by atoms with Crippen molar-refractivity contribution >= 4 is 17.2 Å². The SMILES string of the molecule is CC(NC(=O)c1csc2c1CCCC2)c1nnc2n1CCCCC2. The van der Waals surface area contributed by atoms with Crippen LogP contribution in [0, 0.1) is 0 Å². The summed E-state index contributed by atoms with van der Waals surface area (Å²) in [4.78, 5) is 14.2. The first-order valence-electron chi connectivity index (χ1n) is 9.06. The van der Waals surface area contributed by atoms with Crippen molar-refractivity contribution < 1.29 is 4.79 Å². The van der Waals surface area contributed by atoms with Gasteiger partial charge in [0.15, 0.2) is 5.82 Å². The maximum atomic E-state index is 12.8. The van der Waals surface area contributed by atoms with Crippen LogP contribution in [0.2, 0.25) is 0 Å². The molecule has 5 nitrogen and oxygen atoms in total. The molecule has 0 saturated carbocycles. The number of fused-ring (bicyclic) bond motifs is 2. The van der Waals surface area contributed by atoms with E-state index < -0.39 is 0 Å². The molecule has 1 N–H and O–H groups in total. The van der Waals surface area contributed by atoms with Crippen LogP contribution in [0.5, 0.6) is 0 Å². The number of carbonyl (C=O) groups is 1. The fourth-order valence-electron chi connectivity index (χ4n) is 3.85. The van der Waals surface area contributed by atoms with Gasteiger partial charge in [-0.25, -0.2) is 0 Å². The molecule has 128 valence electrons. The van der Waals surface area contributed by atoms with Crippen LogP contribution in [0.4, 0.5) is 0 Å². The van der Waals surface area contributed by atoms with E-state index in [1.807, 2.05) is 12.3 Å². The van der Waals surface area contributed by atoms with Crippen LogP contribution >= 0.6 is 11.3 Å². The Morgan fingerprint density at radius 2 is 2.00 bits per heavy atom. The van der Waals surface area contributed by atoms with Gasteiger partial charge in [0.1, 0.15) is 5.82 Å². The molecule has 0 aromatic carbocycles. The van der Waals surface area contributed by atoms with E-state index in [0.717, 1.165) is 49.4 Å². The van der Waals surface area contributed by atoms with Crippen LogP contribution in [0.1, 0.15) is 77.5 Å². The lowest BCUT2D eigenvalue weighted by atomic mass is 9.95. The van der Waals surface area contributed by atoms with Crippen molar-refractivity contribution in [1.82, 2.24) is 20.1 Å². The monoisotopic (exact) mass is 344 g/mol. The zero-order chi connectivity index (χ0) is 16.5. The van der Waals surface area contributed by atoms with Crippen LogP contribution in [0.15, 0.2) is 5.38 Å². The van der Waals surface area contributed by atoms with Crippen LogP contribution < -0.4 is 5.32 Å². The van der Waals surface area contributed by atoms with Crippen molar-refractivity contribution in [2.75, 3.05) is 0 Å². The zero-order valence-corrected chi connectivity index (χ0v) is 15.0. The Bertz CT molecular complexity index is 748. The van der Waals surface area contributed by atoms with Gasteiger partial charge < -0.3 is 9.88 Å². The van der Waals surface area contributed by atoms with Gasteiger partial charge in [0.05, 0.1) is 11.6 Å². The summed E-state index contributed by atoms with van der Waals surface area (Å²) in [5.41, 5.74) is 2.15. The quantitative estimate of drug-likeness (QED) is 0.928. The molecule has 0 saturated heterocycles. The van der Waals surface area contributed by atoms with E-state index in [1.54, 1.807) is 11.3 Å². The molecule has 0 bridgehead atoms. The van der Waals surface area contributed by atoms with E-state index in [2.05, 4.69) is 20.1 Å². The molecule has 24 heavy (non-hydrogen) atoms. The number of aromatic nitrogens is 3. The normalized spacial score (nSPS) is 18.4. The Labute approximate surface area is 146 Å². The Morgan fingerprint density at radius 3 is 2.92 bits per heavy atom. The molecule has 0 fully saturated rings. The van der Waals surface area contributed by atoms with Gasteiger partial charge in [0.25, 0.3) is 5.91 Å². The molecule has 1 aliphatic heterocycles. The summed E-state index contributed by atoms with van der Waals surface area (Å²) in [6.45, 7) is 2.98. The number of hydrogen-bond donors (Lipinski definition) is 1. The highest BCUT2D eigenvalue weighted by molar-refractivity contribution is 7.10. The molecular weight excluding hydrogens is 320 g/mol. The number of aryl methyl sites for hydroxylation is 2. The van der Waals surface area contributed by atoms with E-state index in [1.165, 1.54) is 36.1 Å². The fourth-order valence-corrected chi connectivity index (χ4v) is 4.98. The maximum absolute atomic E-state index is 12.8. The smallest absolute Gasteiger partial charge is 0.252 e. The highest BCUT2D eigenvalue weighted by Gasteiger charge is 2.24. The van der Waals surface area contributed by atoms with Gasteiger partial charge in [-0.1, -0.05) is 6.42 Å². The first-order valence-corrected chi connectivity index (χ1v) is 9.94. The van der Waals surface area contributed by atoms with Crippen molar-refractivity contribution in [3.63, 3.8) is 0 Å². The third-order valence-corrected chi connectivity index (χ3v) is 6.27. The van der Waals surface area contributed by atoms with Crippen LogP contribution in [-0.4, -0.2) is 20.7 Å². The summed E-state index contributed by atoms with van der Waals surface area (Å²) in [5, 5.41) is 13.9. The van der Waals surface area contributed by atoms with Gasteiger partial charge in [-0.05, 0) is 51.0 Å². The number of rotatable bonds is 3. The number of nitrogens with zero attached hydrogens (tertiary/aromatic N) is 3. The Morgan fingerprint density at radius 1 is 1.17 bits per heavy atom. The average Bonchev–Trinajstić information content (AvgIpc) is 3.13. The second kappa shape index (κ2) is 6.67. The lowest BCUT2D eigenvalue weighted by molar-refractivity contribution is 0.0937. The van der Waals surface area contributed by atoms with Crippen LogP contribution in [0.3, 0.4) is 0 Å². The van der Waals surface area contributed by atoms with E-state index in [9.17, 15) is 4.79 Å². The maximum Gasteiger partial charge on any atom is 0.252 e. The molecule has 1 atom stereocenters. The molecular formula is C18H24N4OS.